The Morgan fingerprint density at radius 2 is 2.00 bits per heavy atom. The van der Waals surface area contributed by atoms with Crippen molar-refractivity contribution >= 4 is 0 Å². The Morgan fingerprint density at radius 1 is 1.16 bits per heavy atom. The fourth-order valence-electron chi connectivity index (χ4n) is 1.78. The van der Waals surface area contributed by atoms with Crippen LogP contribution in [0.5, 0.6) is 5.75 Å². The predicted molar refractivity (Wildman–Crippen MR) is 77.1 cm³/mol. The molecule has 0 spiro atoms. The van der Waals surface area contributed by atoms with E-state index in [-0.39, 0.29) is 0 Å². The van der Waals surface area contributed by atoms with Gasteiger partial charge in [0.25, 0.3) is 0 Å². The van der Waals surface area contributed by atoms with E-state index in [1.807, 2.05) is 43.5 Å². The van der Waals surface area contributed by atoms with Crippen LogP contribution in [0.3, 0.4) is 0 Å². The van der Waals surface area contributed by atoms with Gasteiger partial charge in [0.15, 0.2) is 0 Å². The van der Waals surface area contributed by atoms with Crippen molar-refractivity contribution < 1.29 is 4.74 Å². The molecule has 100 valence electrons. The molecule has 0 unspecified atom stereocenters. The van der Waals surface area contributed by atoms with Gasteiger partial charge in [0.1, 0.15) is 12.4 Å². The Kier molecular flexibility index (Phi) is 4.93. The summed E-state index contributed by atoms with van der Waals surface area (Å²) in [6.07, 6.45) is 1.90. The number of nitrogens with zero attached hydrogens (tertiary/aromatic N) is 1. The molecule has 1 aromatic carbocycles. The highest BCUT2D eigenvalue weighted by Gasteiger charge is 2.00. The lowest BCUT2D eigenvalue weighted by Gasteiger charge is -2.08. The number of hydrogen-bond donors (Lipinski definition) is 1. The Hall–Kier alpha value is -1.87. The normalized spacial score (nSPS) is 10.4. The summed E-state index contributed by atoms with van der Waals surface area (Å²) in [6, 6.07) is 12.1. The quantitative estimate of drug-likeness (QED) is 0.862. The third-order valence-corrected chi connectivity index (χ3v) is 2.93. The summed E-state index contributed by atoms with van der Waals surface area (Å²) in [6.45, 7) is 6.48. The Bertz CT molecular complexity index is 508. The molecule has 0 aliphatic heterocycles. The van der Waals surface area contributed by atoms with Gasteiger partial charge in [0, 0.05) is 12.7 Å². The highest BCUT2D eigenvalue weighted by molar-refractivity contribution is 5.31. The van der Waals surface area contributed by atoms with Crippen molar-refractivity contribution in [1.29, 1.82) is 0 Å². The van der Waals surface area contributed by atoms with Crippen molar-refractivity contribution in [3.8, 4) is 5.75 Å². The number of pyridine rings is 1. The number of ether oxygens (including phenoxy) is 1. The molecule has 0 saturated heterocycles. The fourth-order valence-corrected chi connectivity index (χ4v) is 1.78. The number of aromatic nitrogens is 1. The SMILES string of the molecule is CCNCc1ccc(COc2ccccc2C)nc1. The molecular weight excluding hydrogens is 236 g/mol. The number of rotatable bonds is 6. The van der Waals surface area contributed by atoms with Crippen LogP contribution in [-0.4, -0.2) is 11.5 Å². The van der Waals surface area contributed by atoms with Crippen molar-refractivity contribution in [3.05, 3.63) is 59.4 Å². The van der Waals surface area contributed by atoms with Crippen LogP contribution in [0.4, 0.5) is 0 Å². The molecule has 1 aromatic heterocycles. The minimum Gasteiger partial charge on any atom is -0.487 e. The predicted octanol–water partition coefficient (Wildman–Crippen LogP) is 3.08. The molecule has 0 atom stereocenters. The fraction of sp³-hybridized carbons (Fsp3) is 0.312. The summed E-state index contributed by atoms with van der Waals surface area (Å²) in [4.78, 5) is 4.41. The topological polar surface area (TPSA) is 34.1 Å². The zero-order valence-electron chi connectivity index (χ0n) is 11.5. The minimum atomic E-state index is 0.506. The number of nitrogens with one attached hydrogen (secondary N) is 1. The van der Waals surface area contributed by atoms with E-state index in [0.717, 1.165) is 30.1 Å². The second-order valence-corrected chi connectivity index (χ2v) is 4.49. The van der Waals surface area contributed by atoms with E-state index in [4.69, 9.17) is 4.74 Å². The summed E-state index contributed by atoms with van der Waals surface area (Å²) >= 11 is 0. The first-order chi connectivity index (χ1) is 9.29. The number of para-hydroxylation sites is 1. The maximum Gasteiger partial charge on any atom is 0.130 e. The third-order valence-electron chi connectivity index (χ3n) is 2.93. The van der Waals surface area contributed by atoms with Gasteiger partial charge in [-0.1, -0.05) is 31.2 Å². The van der Waals surface area contributed by atoms with E-state index in [9.17, 15) is 0 Å². The zero-order chi connectivity index (χ0) is 13.5. The first-order valence-electron chi connectivity index (χ1n) is 6.62. The van der Waals surface area contributed by atoms with Gasteiger partial charge in [0.2, 0.25) is 0 Å². The van der Waals surface area contributed by atoms with Crippen LogP contribution >= 0.6 is 0 Å². The molecule has 2 rings (SSSR count). The molecule has 0 fully saturated rings. The molecule has 3 heteroatoms. The molecule has 3 nitrogen and oxygen atoms in total. The monoisotopic (exact) mass is 256 g/mol. The molecule has 0 aliphatic carbocycles. The van der Waals surface area contributed by atoms with Crippen LogP contribution < -0.4 is 10.1 Å². The third kappa shape index (κ3) is 4.07. The van der Waals surface area contributed by atoms with Crippen molar-refractivity contribution in [3.63, 3.8) is 0 Å². The molecule has 19 heavy (non-hydrogen) atoms. The van der Waals surface area contributed by atoms with Gasteiger partial charge in [-0.05, 0) is 36.7 Å². The van der Waals surface area contributed by atoms with E-state index >= 15 is 0 Å². The van der Waals surface area contributed by atoms with Crippen molar-refractivity contribution in [1.82, 2.24) is 10.3 Å². The molecule has 2 aromatic rings. The van der Waals surface area contributed by atoms with E-state index in [0.29, 0.717) is 6.61 Å². The second-order valence-electron chi connectivity index (χ2n) is 4.49. The average molecular weight is 256 g/mol. The summed E-state index contributed by atoms with van der Waals surface area (Å²) in [7, 11) is 0. The summed E-state index contributed by atoms with van der Waals surface area (Å²) < 4.78 is 5.77. The molecule has 0 aliphatic rings. The number of hydrogen-bond acceptors (Lipinski definition) is 3. The van der Waals surface area contributed by atoms with Gasteiger partial charge in [-0.3, -0.25) is 4.98 Å². The molecular formula is C16H20N2O. The van der Waals surface area contributed by atoms with Crippen LogP contribution in [0.15, 0.2) is 42.6 Å². The van der Waals surface area contributed by atoms with Crippen LogP contribution in [0.2, 0.25) is 0 Å². The maximum absolute atomic E-state index is 5.77. The van der Waals surface area contributed by atoms with Gasteiger partial charge in [-0.15, -0.1) is 0 Å². The van der Waals surface area contributed by atoms with Crippen LogP contribution in [0, 0.1) is 6.92 Å². The first kappa shape index (κ1) is 13.6. The smallest absolute Gasteiger partial charge is 0.130 e. The molecule has 1 heterocycles. The highest BCUT2D eigenvalue weighted by atomic mass is 16.5. The largest absolute Gasteiger partial charge is 0.487 e. The molecule has 1 N–H and O–H groups in total. The van der Waals surface area contributed by atoms with Crippen molar-refractivity contribution in [2.75, 3.05) is 6.54 Å². The average Bonchev–Trinajstić information content (AvgIpc) is 2.45. The molecule has 0 radical (unpaired) electrons. The Morgan fingerprint density at radius 3 is 2.68 bits per heavy atom. The lowest BCUT2D eigenvalue weighted by atomic mass is 10.2. The van der Waals surface area contributed by atoms with Crippen molar-refractivity contribution in [2.45, 2.75) is 27.0 Å². The van der Waals surface area contributed by atoms with E-state index in [1.54, 1.807) is 0 Å². The van der Waals surface area contributed by atoms with Gasteiger partial charge >= 0.3 is 0 Å². The van der Waals surface area contributed by atoms with Gasteiger partial charge in [-0.2, -0.15) is 0 Å². The van der Waals surface area contributed by atoms with E-state index < -0.39 is 0 Å². The van der Waals surface area contributed by atoms with Crippen LogP contribution in [0.25, 0.3) is 0 Å². The standard InChI is InChI=1S/C16H20N2O/c1-3-17-10-14-8-9-15(18-11-14)12-19-16-7-5-4-6-13(16)2/h4-9,11,17H,3,10,12H2,1-2H3. The number of benzene rings is 1. The molecule has 0 saturated carbocycles. The van der Waals surface area contributed by atoms with E-state index in [2.05, 4.69) is 23.3 Å². The Labute approximate surface area is 114 Å². The van der Waals surface area contributed by atoms with Crippen molar-refractivity contribution in [2.24, 2.45) is 0 Å². The van der Waals surface area contributed by atoms with Gasteiger partial charge < -0.3 is 10.1 Å². The summed E-state index contributed by atoms with van der Waals surface area (Å²) in [5.74, 6) is 0.918. The zero-order valence-corrected chi connectivity index (χ0v) is 11.5. The number of aryl methyl sites for hydroxylation is 1. The van der Waals surface area contributed by atoms with E-state index in [1.165, 1.54) is 5.56 Å². The Balaban J connectivity index is 1.91. The summed E-state index contributed by atoms with van der Waals surface area (Å²) in [5.41, 5.74) is 3.29. The van der Waals surface area contributed by atoms with Gasteiger partial charge in [-0.25, -0.2) is 0 Å². The summed E-state index contributed by atoms with van der Waals surface area (Å²) in [5, 5.41) is 3.28. The minimum absolute atomic E-state index is 0.506. The second kappa shape index (κ2) is 6.90. The van der Waals surface area contributed by atoms with Crippen LogP contribution in [0.1, 0.15) is 23.7 Å². The van der Waals surface area contributed by atoms with Gasteiger partial charge in [0.05, 0.1) is 5.69 Å². The molecule has 0 amide bonds. The lowest BCUT2D eigenvalue weighted by Crippen LogP contribution is -2.12. The van der Waals surface area contributed by atoms with Crippen LogP contribution in [-0.2, 0) is 13.2 Å². The first-order valence-corrected chi connectivity index (χ1v) is 6.62. The lowest BCUT2D eigenvalue weighted by molar-refractivity contribution is 0.299. The molecule has 0 bridgehead atoms. The maximum atomic E-state index is 5.77. The highest BCUT2D eigenvalue weighted by Crippen LogP contribution is 2.17.